The van der Waals surface area contributed by atoms with Crippen LogP contribution in [0.15, 0.2) is 95.5 Å². The molecule has 1 aromatic heterocycles. The van der Waals surface area contributed by atoms with Gasteiger partial charge in [-0.2, -0.15) is 0 Å². The lowest BCUT2D eigenvalue weighted by molar-refractivity contribution is -0.132. The highest BCUT2D eigenvalue weighted by molar-refractivity contribution is 5.76. The molecule has 3 aromatic carbocycles. The minimum Gasteiger partial charge on any atom is -0.497 e. The van der Waals surface area contributed by atoms with Gasteiger partial charge in [0.1, 0.15) is 5.75 Å². The average molecular weight is 427 g/mol. The molecule has 0 aliphatic carbocycles. The van der Waals surface area contributed by atoms with Crippen molar-refractivity contribution in [3.8, 4) is 17.1 Å². The van der Waals surface area contributed by atoms with Gasteiger partial charge in [-0.15, -0.1) is 0 Å². The molecular weight excluding hydrogens is 400 g/mol. The highest BCUT2D eigenvalue weighted by atomic mass is 16.5. The Hall–Kier alpha value is -3.86. The van der Waals surface area contributed by atoms with Crippen LogP contribution in [0.1, 0.15) is 23.4 Å². The fourth-order valence-corrected chi connectivity index (χ4v) is 3.55. The van der Waals surface area contributed by atoms with Crippen LogP contribution in [-0.4, -0.2) is 22.9 Å². The van der Waals surface area contributed by atoms with Crippen LogP contribution in [0.25, 0.3) is 11.3 Å². The molecule has 0 atom stereocenters. The molecule has 0 aliphatic rings. The van der Waals surface area contributed by atoms with E-state index < -0.39 is 0 Å². The second kappa shape index (κ2) is 10.4. The zero-order valence-electron chi connectivity index (χ0n) is 18.1. The molecule has 4 rings (SSSR count). The summed E-state index contributed by atoms with van der Waals surface area (Å²) in [7, 11) is 1.63. The van der Waals surface area contributed by atoms with Gasteiger partial charge in [0.15, 0.2) is 11.7 Å². The van der Waals surface area contributed by atoms with Gasteiger partial charge in [-0.25, -0.2) is 4.98 Å². The van der Waals surface area contributed by atoms with Crippen molar-refractivity contribution < 1.29 is 13.9 Å². The highest BCUT2D eigenvalue weighted by Crippen LogP contribution is 2.25. The molecule has 5 heteroatoms. The van der Waals surface area contributed by atoms with E-state index in [1.54, 1.807) is 13.3 Å². The number of rotatable bonds is 9. The topological polar surface area (TPSA) is 55.6 Å². The van der Waals surface area contributed by atoms with E-state index >= 15 is 0 Å². The molecule has 1 heterocycles. The van der Waals surface area contributed by atoms with Crippen LogP contribution < -0.4 is 4.74 Å². The second-order valence-corrected chi connectivity index (χ2v) is 7.57. The van der Waals surface area contributed by atoms with E-state index in [2.05, 4.69) is 4.98 Å². The number of nitrogens with zero attached hydrogens (tertiary/aromatic N) is 2. The van der Waals surface area contributed by atoms with Gasteiger partial charge in [0.05, 0.1) is 13.3 Å². The standard InChI is InChI=1S/C27H26N2O3/c1-31-24-14-8-13-23(17-24)25-18-28-26(32-25)15-16-27(30)29(19-21-9-4-2-5-10-21)20-22-11-6-3-7-12-22/h2-14,17-18H,15-16,19-20H2,1H3. The van der Waals surface area contributed by atoms with Gasteiger partial charge in [0, 0.05) is 31.5 Å². The third-order valence-electron chi connectivity index (χ3n) is 5.25. The minimum absolute atomic E-state index is 0.0684. The van der Waals surface area contributed by atoms with E-state index in [4.69, 9.17) is 9.15 Å². The number of oxazole rings is 1. The largest absolute Gasteiger partial charge is 0.497 e. The molecule has 0 bridgehead atoms. The Bertz CT molecular complexity index is 1100. The highest BCUT2D eigenvalue weighted by Gasteiger charge is 2.16. The van der Waals surface area contributed by atoms with Crippen LogP contribution in [-0.2, 0) is 24.3 Å². The van der Waals surface area contributed by atoms with Crippen LogP contribution >= 0.6 is 0 Å². The first-order valence-electron chi connectivity index (χ1n) is 10.7. The summed E-state index contributed by atoms with van der Waals surface area (Å²) in [5.74, 6) is 2.04. The van der Waals surface area contributed by atoms with Gasteiger partial charge in [0.2, 0.25) is 5.91 Å². The average Bonchev–Trinajstić information content (AvgIpc) is 3.33. The Kier molecular flexibility index (Phi) is 6.98. The number of hydrogen-bond acceptors (Lipinski definition) is 4. The van der Waals surface area contributed by atoms with E-state index in [1.165, 1.54) is 0 Å². The van der Waals surface area contributed by atoms with Crippen molar-refractivity contribution in [2.75, 3.05) is 7.11 Å². The maximum atomic E-state index is 13.1. The predicted octanol–water partition coefficient (Wildman–Crippen LogP) is 5.51. The van der Waals surface area contributed by atoms with E-state index in [9.17, 15) is 4.79 Å². The molecule has 1 amide bonds. The number of ether oxygens (including phenoxy) is 1. The van der Waals surface area contributed by atoms with Crippen molar-refractivity contribution in [1.29, 1.82) is 0 Å². The Balaban J connectivity index is 1.43. The number of methoxy groups -OCH3 is 1. The lowest BCUT2D eigenvalue weighted by Gasteiger charge is -2.23. The first-order chi connectivity index (χ1) is 15.7. The summed E-state index contributed by atoms with van der Waals surface area (Å²) in [6, 6.07) is 27.7. The number of aromatic nitrogens is 1. The van der Waals surface area contributed by atoms with Crippen molar-refractivity contribution in [1.82, 2.24) is 9.88 Å². The number of amides is 1. The summed E-state index contributed by atoms with van der Waals surface area (Å²) in [6.07, 6.45) is 2.47. The van der Waals surface area contributed by atoms with Gasteiger partial charge in [-0.05, 0) is 23.3 Å². The lowest BCUT2D eigenvalue weighted by Crippen LogP contribution is -2.30. The zero-order valence-corrected chi connectivity index (χ0v) is 18.1. The van der Waals surface area contributed by atoms with Gasteiger partial charge >= 0.3 is 0 Å². The first kappa shape index (κ1) is 21.4. The molecule has 0 saturated carbocycles. The van der Waals surface area contributed by atoms with Crippen molar-refractivity contribution in [3.05, 3.63) is 108 Å². The molecule has 0 spiro atoms. The second-order valence-electron chi connectivity index (χ2n) is 7.57. The number of carbonyl (C=O) groups excluding carboxylic acids is 1. The fourth-order valence-electron chi connectivity index (χ4n) is 3.55. The fraction of sp³-hybridized carbons (Fsp3) is 0.185. The van der Waals surface area contributed by atoms with Crippen LogP contribution in [0.3, 0.4) is 0 Å². The van der Waals surface area contributed by atoms with Gasteiger partial charge < -0.3 is 14.1 Å². The normalized spacial score (nSPS) is 10.7. The van der Waals surface area contributed by atoms with Crippen LogP contribution in [0.5, 0.6) is 5.75 Å². The molecule has 0 fully saturated rings. The van der Waals surface area contributed by atoms with Gasteiger partial charge in [-0.1, -0.05) is 72.8 Å². The Morgan fingerprint density at radius 2 is 1.56 bits per heavy atom. The summed E-state index contributed by atoms with van der Waals surface area (Å²) in [5, 5.41) is 0. The predicted molar refractivity (Wildman–Crippen MR) is 124 cm³/mol. The number of aryl methyl sites for hydroxylation is 1. The smallest absolute Gasteiger partial charge is 0.223 e. The van der Waals surface area contributed by atoms with E-state index in [-0.39, 0.29) is 5.91 Å². The summed E-state index contributed by atoms with van der Waals surface area (Å²) < 4.78 is 11.2. The number of benzene rings is 3. The third kappa shape index (κ3) is 5.64. The molecule has 0 radical (unpaired) electrons. The summed E-state index contributed by atoms with van der Waals surface area (Å²) in [5.41, 5.74) is 3.10. The molecule has 32 heavy (non-hydrogen) atoms. The van der Waals surface area contributed by atoms with Crippen LogP contribution in [0.4, 0.5) is 0 Å². The number of hydrogen-bond donors (Lipinski definition) is 0. The molecule has 0 aliphatic heterocycles. The Morgan fingerprint density at radius 1 is 0.906 bits per heavy atom. The molecule has 0 unspecified atom stereocenters. The number of carbonyl (C=O) groups is 1. The van der Waals surface area contributed by atoms with Crippen molar-refractivity contribution in [2.24, 2.45) is 0 Å². The molecular formula is C27H26N2O3. The quantitative estimate of drug-likeness (QED) is 0.354. The Labute approximate surface area is 188 Å². The first-order valence-corrected chi connectivity index (χ1v) is 10.7. The maximum Gasteiger partial charge on any atom is 0.223 e. The minimum atomic E-state index is 0.0684. The molecule has 4 aromatic rings. The third-order valence-corrected chi connectivity index (χ3v) is 5.25. The Morgan fingerprint density at radius 3 is 2.19 bits per heavy atom. The molecule has 0 N–H and O–H groups in total. The van der Waals surface area contributed by atoms with Gasteiger partial charge in [-0.3, -0.25) is 4.79 Å². The van der Waals surface area contributed by atoms with Crippen molar-refractivity contribution in [3.63, 3.8) is 0 Å². The molecule has 5 nitrogen and oxygen atoms in total. The molecule has 162 valence electrons. The summed E-state index contributed by atoms with van der Waals surface area (Å²) >= 11 is 0. The van der Waals surface area contributed by atoms with Crippen molar-refractivity contribution in [2.45, 2.75) is 25.9 Å². The van der Waals surface area contributed by atoms with Crippen molar-refractivity contribution >= 4 is 5.91 Å². The zero-order chi connectivity index (χ0) is 22.2. The van der Waals surface area contributed by atoms with Gasteiger partial charge in [0.25, 0.3) is 0 Å². The summed E-state index contributed by atoms with van der Waals surface area (Å²) in [6.45, 7) is 1.13. The lowest BCUT2D eigenvalue weighted by atomic mass is 10.1. The summed E-state index contributed by atoms with van der Waals surface area (Å²) in [4.78, 5) is 19.4. The monoisotopic (exact) mass is 426 g/mol. The van der Waals surface area contributed by atoms with E-state index in [0.29, 0.717) is 37.6 Å². The van der Waals surface area contributed by atoms with Crippen LogP contribution in [0, 0.1) is 0 Å². The van der Waals surface area contributed by atoms with Crippen LogP contribution in [0.2, 0.25) is 0 Å². The SMILES string of the molecule is COc1cccc(-c2cnc(CCC(=O)N(Cc3ccccc3)Cc3ccccc3)o2)c1. The maximum absolute atomic E-state index is 13.1. The van der Waals surface area contributed by atoms with E-state index in [1.807, 2.05) is 89.8 Å². The molecule has 0 saturated heterocycles. The van der Waals surface area contributed by atoms with E-state index in [0.717, 1.165) is 22.4 Å².